The molecule has 7 heteroatoms. The molecule has 29 heavy (non-hydrogen) atoms. The lowest BCUT2D eigenvalue weighted by atomic mass is 10.0. The number of rotatable bonds is 6. The van der Waals surface area contributed by atoms with Crippen molar-refractivity contribution in [3.63, 3.8) is 0 Å². The van der Waals surface area contributed by atoms with Crippen molar-refractivity contribution in [3.8, 4) is 0 Å². The zero-order valence-corrected chi connectivity index (χ0v) is 17.6. The Balaban J connectivity index is 1.87. The van der Waals surface area contributed by atoms with E-state index in [1.54, 1.807) is 12.1 Å². The molecule has 2 aromatic rings. The van der Waals surface area contributed by atoms with Gasteiger partial charge in [-0.05, 0) is 61.6 Å². The number of benzene rings is 2. The Kier molecular flexibility index (Phi) is 6.70. The monoisotopic (exact) mass is 418 g/mol. The number of hydrogen-bond donors (Lipinski definition) is 1. The number of nitrogens with zero attached hydrogens (tertiary/aromatic N) is 1. The Bertz CT molecular complexity index is 974. The first kappa shape index (κ1) is 21.5. The first-order chi connectivity index (χ1) is 13.9. The summed E-state index contributed by atoms with van der Waals surface area (Å²) in [4.78, 5) is 12.6. The van der Waals surface area contributed by atoms with Gasteiger partial charge in [-0.1, -0.05) is 32.4 Å². The van der Waals surface area contributed by atoms with Gasteiger partial charge in [0, 0.05) is 18.3 Å². The zero-order valence-electron chi connectivity index (χ0n) is 16.8. The van der Waals surface area contributed by atoms with Crippen LogP contribution in [-0.4, -0.2) is 31.2 Å². The number of piperidine rings is 1. The Morgan fingerprint density at radius 3 is 2.52 bits per heavy atom. The van der Waals surface area contributed by atoms with Gasteiger partial charge < -0.3 is 5.32 Å². The van der Waals surface area contributed by atoms with Gasteiger partial charge in [-0.15, -0.1) is 0 Å². The van der Waals surface area contributed by atoms with E-state index in [9.17, 15) is 17.6 Å². The van der Waals surface area contributed by atoms with Crippen molar-refractivity contribution in [2.75, 3.05) is 11.9 Å². The molecule has 0 spiro atoms. The van der Waals surface area contributed by atoms with E-state index in [0.29, 0.717) is 12.2 Å². The minimum Gasteiger partial charge on any atom is -0.322 e. The molecule has 1 atom stereocenters. The van der Waals surface area contributed by atoms with Crippen molar-refractivity contribution >= 4 is 21.6 Å². The number of sulfonamides is 1. The summed E-state index contributed by atoms with van der Waals surface area (Å²) in [6, 6.07) is 10.6. The summed E-state index contributed by atoms with van der Waals surface area (Å²) in [5.74, 6) is -1.42. The lowest BCUT2D eigenvalue weighted by Crippen LogP contribution is -2.43. The third kappa shape index (κ3) is 4.67. The maximum Gasteiger partial charge on any atom is 0.258 e. The van der Waals surface area contributed by atoms with Gasteiger partial charge in [-0.3, -0.25) is 4.79 Å². The van der Waals surface area contributed by atoms with Crippen LogP contribution in [0.5, 0.6) is 0 Å². The molecule has 0 aliphatic carbocycles. The van der Waals surface area contributed by atoms with E-state index in [-0.39, 0.29) is 16.5 Å². The summed E-state index contributed by atoms with van der Waals surface area (Å²) in [6.45, 7) is 4.44. The first-order valence-electron chi connectivity index (χ1n) is 10.1. The number of carbonyl (C=O) groups excluding carboxylic acids is 1. The summed E-state index contributed by atoms with van der Waals surface area (Å²) < 4.78 is 42.1. The SMILES string of the molecule is CCc1ccc(NC(=O)c2cc(S(=O)(=O)N3CCCC[C@H]3CC)ccc2F)cc1. The van der Waals surface area contributed by atoms with Crippen LogP contribution >= 0.6 is 0 Å². The first-order valence-corrected chi connectivity index (χ1v) is 11.5. The largest absolute Gasteiger partial charge is 0.322 e. The van der Waals surface area contributed by atoms with Crippen molar-refractivity contribution in [1.82, 2.24) is 4.31 Å². The van der Waals surface area contributed by atoms with Gasteiger partial charge in [-0.25, -0.2) is 12.8 Å². The molecular formula is C22H27FN2O3S. The quantitative estimate of drug-likeness (QED) is 0.746. The molecule has 0 aromatic heterocycles. The topological polar surface area (TPSA) is 66.5 Å². The summed E-state index contributed by atoms with van der Waals surface area (Å²) in [6.07, 6.45) is 4.22. The third-order valence-corrected chi connectivity index (χ3v) is 7.40. The molecular weight excluding hydrogens is 391 g/mol. The van der Waals surface area contributed by atoms with E-state index < -0.39 is 21.7 Å². The Labute approximate surface area is 172 Å². The highest BCUT2D eigenvalue weighted by molar-refractivity contribution is 7.89. The fourth-order valence-electron chi connectivity index (χ4n) is 3.69. The average Bonchev–Trinajstić information content (AvgIpc) is 2.74. The Morgan fingerprint density at radius 2 is 1.86 bits per heavy atom. The Morgan fingerprint density at radius 1 is 1.14 bits per heavy atom. The molecule has 1 heterocycles. The smallest absolute Gasteiger partial charge is 0.258 e. The van der Waals surface area contributed by atoms with Crippen LogP contribution in [0, 0.1) is 5.82 Å². The molecule has 5 nitrogen and oxygen atoms in total. The van der Waals surface area contributed by atoms with E-state index in [2.05, 4.69) is 5.32 Å². The van der Waals surface area contributed by atoms with Crippen molar-refractivity contribution in [1.29, 1.82) is 0 Å². The zero-order chi connectivity index (χ0) is 21.0. The summed E-state index contributed by atoms with van der Waals surface area (Å²) >= 11 is 0. The molecule has 0 saturated carbocycles. The van der Waals surface area contributed by atoms with Crippen LogP contribution < -0.4 is 5.32 Å². The summed E-state index contributed by atoms with van der Waals surface area (Å²) in [5.41, 5.74) is 1.37. The van der Waals surface area contributed by atoms with Crippen LogP contribution in [0.4, 0.5) is 10.1 Å². The predicted molar refractivity (Wildman–Crippen MR) is 112 cm³/mol. The van der Waals surface area contributed by atoms with E-state index in [4.69, 9.17) is 0 Å². The molecule has 1 saturated heterocycles. The molecule has 1 amide bonds. The fourth-order valence-corrected chi connectivity index (χ4v) is 5.49. The minimum absolute atomic E-state index is 0.0502. The number of carbonyl (C=O) groups is 1. The highest BCUT2D eigenvalue weighted by atomic mass is 32.2. The summed E-state index contributed by atoms with van der Waals surface area (Å²) in [7, 11) is -3.79. The molecule has 1 aliphatic heterocycles. The van der Waals surface area contributed by atoms with Gasteiger partial charge in [0.1, 0.15) is 5.82 Å². The van der Waals surface area contributed by atoms with Crippen LogP contribution in [0.15, 0.2) is 47.4 Å². The van der Waals surface area contributed by atoms with Gasteiger partial charge in [0.2, 0.25) is 10.0 Å². The molecule has 156 valence electrons. The second-order valence-electron chi connectivity index (χ2n) is 7.32. The number of amides is 1. The molecule has 3 rings (SSSR count). The fraction of sp³-hybridized carbons (Fsp3) is 0.409. The van der Waals surface area contributed by atoms with Gasteiger partial charge in [0.15, 0.2) is 0 Å². The molecule has 2 aromatic carbocycles. The third-order valence-electron chi connectivity index (χ3n) is 5.45. The van der Waals surface area contributed by atoms with Crippen molar-refractivity contribution < 1.29 is 17.6 Å². The molecule has 0 bridgehead atoms. The van der Waals surface area contributed by atoms with Crippen LogP contribution in [0.25, 0.3) is 0 Å². The predicted octanol–water partition coefficient (Wildman–Crippen LogP) is 4.59. The van der Waals surface area contributed by atoms with Crippen molar-refractivity contribution in [2.45, 2.75) is 56.9 Å². The van der Waals surface area contributed by atoms with E-state index in [1.165, 1.54) is 10.4 Å². The van der Waals surface area contributed by atoms with Crippen LogP contribution in [-0.2, 0) is 16.4 Å². The number of nitrogens with one attached hydrogen (secondary N) is 1. The maximum atomic E-state index is 14.3. The number of aryl methyl sites for hydroxylation is 1. The second kappa shape index (κ2) is 9.05. The Hall–Kier alpha value is -2.25. The van der Waals surface area contributed by atoms with Gasteiger partial charge in [0.25, 0.3) is 5.91 Å². The van der Waals surface area contributed by atoms with E-state index in [0.717, 1.165) is 49.8 Å². The van der Waals surface area contributed by atoms with E-state index in [1.807, 2.05) is 26.0 Å². The summed E-state index contributed by atoms with van der Waals surface area (Å²) in [5, 5.41) is 2.64. The molecule has 0 unspecified atom stereocenters. The number of hydrogen-bond acceptors (Lipinski definition) is 3. The van der Waals surface area contributed by atoms with E-state index >= 15 is 0 Å². The highest BCUT2D eigenvalue weighted by Crippen LogP contribution is 2.28. The molecule has 0 radical (unpaired) electrons. The van der Waals surface area contributed by atoms with Gasteiger partial charge in [-0.2, -0.15) is 4.31 Å². The van der Waals surface area contributed by atoms with Crippen LogP contribution in [0.2, 0.25) is 0 Å². The number of halogens is 1. The van der Waals surface area contributed by atoms with Gasteiger partial charge in [0.05, 0.1) is 10.5 Å². The molecule has 1 aliphatic rings. The lowest BCUT2D eigenvalue weighted by Gasteiger charge is -2.34. The minimum atomic E-state index is -3.79. The number of anilines is 1. The van der Waals surface area contributed by atoms with Crippen molar-refractivity contribution in [2.24, 2.45) is 0 Å². The average molecular weight is 419 g/mol. The molecule has 1 fully saturated rings. The molecule has 1 N–H and O–H groups in total. The lowest BCUT2D eigenvalue weighted by molar-refractivity contribution is 0.102. The normalized spacial score (nSPS) is 17.8. The van der Waals surface area contributed by atoms with Crippen LogP contribution in [0.1, 0.15) is 55.5 Å². The van der Waals surface area contributed by atoms with Crippen molar-refractivity contribution in [3.05, 3.63) is 59.4 Å². The standard InChI is InChI=1S/C22H27FN2O3S/c1-3-16-8-10-17(11-9-16)24-22(26)20-15-19(12-13-21(20)23)29(27,28)25-14-6-5-7-18(25)4-2/h8-13,15,18H,3-7,14H2,1-2H3,(H,24,26)/t18-/m1/s1. The highest BCUT2D eigenvalue weighted by Gasteiger charge is 2.33. The second-order valence-corrected chi connectivity index (χ2v) is 9.21. The maximum absolute atomic E-state index is 14.3. The van der Waals surface area contributed by atoms with Crippen LogP contribution in [0.3, 0.4) is 0 Å². The van der Waals surface area contributed by atoms with Gasteiger partial charge >= 0.3 is 0 Å².